The molecule has 0 amide bonds. The number of benzene rings is 1. The van der Waals surface area contributed by atoms with Gasteiger partial charge in [-0.15, -0.1) is 0 Å². The SMILES string of the molecule is CCC(NCC(C)O)C(O)c1c(C)c(C)cc(C)c1C. The predicted octanol–water partition coefficient (Wildman–Crippen LogP) is 2.70. The van der Waals surface area contributed by atoms with Crippen LogP contribution in [-0.2, 0) is 0 Å². The Hall–Kier alpha value is -0.900. The lowest BCUT2D eigenvalue weighted by molar-refractivity contribution is 0.111. The molecular weight excluding hydrogens is 250 g/mol. The molecule has 1 rings (SSSR count). The Morgan fingerprint density at radius 2 is 1.55 bits per heavy atom. The molecule has 0 saturated heterocycles. The van der Waals surface area contributed by atoms with Gasteiger partial charge in [0.15, 0.2) is 0 Å². The first-order valence-electron chi connectivity index (χ1n) is 7.46. The van der Waals surface area contributed by atoms with Crippen molar-refractivity contribution in [3.8, 4) is 0 Å². The maximum Gasteiger partial charge on any atom is 0.0948 e. The summed E-state index contributed by atoms with van der Waals surface area (Å²) in [5.41, 5.74) is 5.79. The highest BCUT2D eigenvalue weighted by atomic mass is 16.3. The minimum absolute atomic E-state index is 0.0387. The number of nitrogens with one attached hydrogen (secondary N) is 1. The van der Waals surface area contributed by atoms with Gasteiger partial charge in [0.2, 0.25) is 0 Å². The molecule has 0 aromatic heterocycles. The van der Waals surface area contributed by atoms with Crippen LogP contribution < -0.4 is 5.32 Å². The van der Waals surface area contributed by atoms with E-state index in [0.717, 1.165) is 23.1 Å². The third-order valence-electron chi connectivity index (χ3n) is 4.22. The van der Waals surface area contributed by atoms with E-state index in [0.29, 0.717) is 6.54 Å². The molecule has 0 heterocycles. The van der Waals surface area contributed by atoms with Crippen LogP contribution in [-0.4, -0.2) is 28.9 Å². The van der Waals surface area contributed by atoms with Gasteiger partial charge in [0.25, 0.3) is 0 Å². The Morgan fingerprint density at radius 1 is 1.05 bits per heavy atom. The molecule has 0 bridgehead atoms. The van der Waals surface area contributed by atoms with Crippen molar-refractivity contribution in [1.82, 2.24) is 5.32 Å². The van der Waals surface area contributed by atoms with Gasteiger partial charge < -0.3 is 15.5 Å². The smallest absolute Gasteiger partial charge is 0.0948 e. The molecule has 3 unspecified atom stereocenters. The number of rotatable bonds is 6. The second kappa shape index (κ2) is 7.21. The van der Waals surface area contributed by atoms with E-state index in [2.05, 4.69) is 46.0 Å². The maximum absolute atomic E-state index is 10.8. The van der Waals surface area contributed by atoms with Crippen molar-refractivity contribution >= 4 is 0 Å². The standard InChI is InChI=1S/C17H29NO2/c1-7-15(18-9-12(4)19)17(20)16-13(5)10(2)8-11(3)14(16)6/h8,12,15,17-20H,7,9H2,1-6H3. The molecule has 1 aromatic rings. The van der Waals surface area contributed by atoms with Crippen LogP contribution in [0.3, 0.4) is 0 Å². The van der Waals surface area contributed by atoms with E-state index in [9.17, 15) is 10.2 Å². The lowest BCUT2D eigenvalue weighted by atomic mass is 9.87. The Labute approximate surface area is 123 Å². The molecule has 3 heteroatoms. The van der Waals surface area contributed by atoms with Gasteiger partial charge >= 0.3 is 0 Å². The molecule has 0 spiro atoms. The Kier molecular flexibility index (Phi) is 6.18. The van der Waals surface area contributed by atoms with Crippen LogP contribution in [0, 0.1) is 27.7 Å². The highest BCUT2D eigenvalue weighted by Crippen LogP contribution is 2.30. The highest BCUT2D eigenvalue weighted by molar-refractivity contribution is 5.45. The van der Waals surface area contributed by atoms with Gasteiger partial charge in [0, 0.05) is 12.6 Å². The quantitative estimate of drug-likeness (QED) is 0.750. The summed E-state index contributed by atoms with van der Waals surface area (Å²) < 4.78 is 0. The van der Waals surface area contributed by atoms with Gasteiger partial charge in [-0.1, -0.05) is 13.0 Å². The summed E-state index contributed by atoms with van der Waals surface area (Å²) >= 11 is 0. The van der Waals surface area contributed by atoms with Crippen LogP contribution >= 0.6 is 0 Å². The third-order valence-corrected chi connectivity index (χ3v) is 4.22. The lowest BCUT2D eigenvalue weighted by Gasteiger charge is -2.28. The number of aliphatic hydroxyl groups is 2. The summed E-state index contributed by atoms with van der Waals surface area (Å²) in [4.78, 5) is 0. The van der Waals surface area contributed by atoms with E-state index >= 15 is 0 Å². The van der Waals surface area contributed by atoms with E-state index in [-0.39, 0.29) is 6.04 Å². The first kappa shape index (κ1) is 17.2. The third kappa shape index (κ3) is 3.81. The molecule has 3 atom stereocenters. The molecule has 0 aliphatic rings. The average Bonchev–Trinajstić information content (AvgIpc) is 2.37. The van der Waals surface area contributed by atoms with Crippen molar-refractivity contribution in [2.75, 3.05) is 6.54 Å². The van der Waals surface area contributed by atoms with E-state index < -0.39 is 12.2 Å². The van der Waals surface area contributed by atoms with Crippen molar-refractivity contribution in [2.24, 2.45) is 0 Å². The molecular formula is C17H29NO2. The number of aryl methyl sites for hydroxylation is 2. The molecule has 3 N–H and O–H groups in total. The topological polar surface area (TPSA) is 52.5 Å². The van der Waals surface area contributed by atoms with E-state index in [1.807, 2.05) is 0 Å². The number of hydrogen-bond donors (Lipinski definition) is 3. The Bertz CT molecular complexity index is 429. The van der Waals surface area contributed by atoms with Crippen molar-refractivity contribution in [1.29, 1.82) is 0 Å². The van der Waals surface area contributed by atoms with Gasteiger partial charge in [-0.25, -0.2) is 0 Å². The van der Waals surface area contributed by atoms with Crippen LogP contribution in [0.5, 0.6) is 0 Å². The van der Waals surface area contributed by atoms with Crippen molar-refractivity contribution in [3.05, 3.63) is 33.9 Å². The normalized spacial score (nSPS) is 16.0. The molecule has 0 saturated carbocycles. The zero-order chi connectivity index (χ0) is 15.4. The summed E-state index contributed by atoms with van der Waals surface area (Å²) in [5.74, 6) is 0. The summed E-state index contributed by atoms with van der Waals surface area (Å²) in [6, 6.07) is 2.13. The second-order valence-corrected chi connectivity index (χ2v) is 5.89. The first-order chi connectivity index (χ1) is 9.29. The Morgan fingerprint density at radius 3 is 1.95 bits per heavy atom. The van der Waals surface area contributed by atoms with Gasteiger partial charge in [-0.2, -0.15) is 0 Å². The fourth-order valence-corrected chi connectivity index (χ4v) is 2.69. The van der Waals surface area contributed by atoms with Gasteiger partial charge in [-0.3, -0.25) is 0 Å². The molecule has 1 aromatic carbocycles. The minimum Gasteiger partial charge on any atom is -0.392 e. The summed E-state index contributed by atoms with van der Waals surface area (Å²) in [5, 5.41) is 23.4. The molecule has 0 aliphatic carbocycles. The fourth-order valence-electron chi connectivity index (χ4n) is 2.69. The van der Waals surface area contributed by atoms with Crippen LogP contribution in [0.15, 0.2) is 6.07 Å². The lowest BCUT2D eigenvalue weighted by Crippen LogP contribution is -2.39. The molecule has 0 aliphatic heterocycles. The highest BCUT2D eigenvalue weighted by Gasteiger charge is 2.23. The van der Waals surface area contributed by atoms with E-state index in [1.165, 1.54) is 11.1 Å². The molecule has 0 fully saturated rings. The summed E-state index contributed by atoms with van der Waals surface area (Å²) in [6.45, 7) is 12.6. The van der Waals surface area contributed by atoms with Crippen LogP contribution in [0.4, 0.5) is 0 Å². The fraction of sp³-hybridized carbons (Fsp3) is 0.647. The van der Waals surface area contributed by atoms with Gasteiger partial charge in [-0.05, 0) is 68.9 Å². The average molecular weight is 279 g/mol. The summed E-state index contributed by atoms with van der Waals surface area (Å²) in [7, 11) is 0. The summed E-state index contributed by atoms with van der Waals surface area (Å²) in [6.07, 6.45) is -0.130. The maximum atomic E-state index is 10.8. The largest absolute Gasteiger partial charge is 0.392 e. The van der Waals surface area contributed by atoms with E-state index in [1.54, 1.807) is 6.92 Å². The van der Waals surface area contributed by atoms with Gasteiger partial charge in [0.05, 0.1) is 12.2 Å². The van der Waals surface area contributed by atoms with Crippen molar-refractivity contribution in [2.45, 2.75) is 66.2 Å². The molecule has 0 radical (unpaired) electrons. The zero-order valence-electron chi connectivity index (χ0n) is 13.6. The van der Waals surface area contributed by atoms with Crippen LogP contribution in [0.25, 0.3) is 0 Å². The van der Waals surface area contributed by atoms with E-state index in [4.69, 9.17) is 0 Å². The minimum atomic E-state index is -0.544. The van der Waals surface area contributed by atoms with Crippen molar-refractivity contribution < 1.29 is 10.2 Å². The molecule has 20 heavy (non-hydrogen) atoms. The molecule has 3 nitrogen and oxygen atoms in total. The second-order valence-electron chi connectivity index (χ2n) is 5.89. The van der Waals surface area contributed by atoms with Crippen LogP contribution in [0.2, 0.25) is 0 Å². The predicted molar refractivity (Wildman–Crippen MR) is 84.1 cm³/mol. The number of aliphatic hydroxyl groups excluding tert-OH is 2. The number of hydrogen-bond acceptors (Lipinski definition) is 3. The van der Waals surface area contributed by atoms with Gasteiger partial charge in [0.1, 0.15) is 0 Å². The Balaban J connectivity index is 3.09. The van der Waals surface area contributed by atoms with Crippen molar-refractivity contribution in [3.63, 3.8) is 0 Å². The first-order valence-corrected chi connectivity index (χ1v) is 7.46. The monoisotopic (exact) mass is 279 g/mol. The molecule has 114 valence electrons. The zero-order valence-corrected chi connectivity index (χ0v) is 13.6. The van der Waals surface area contributed by atoms with Crippen LogP contribution in [0.1, 0.15) is 54.2 Å².